The minimum Gasteiger partial charge on any atom is -0.455 e. The van der Waals surface area contributed by atoms with E-state index in [1.807, 2.05) is 18.2 Å². The van der Waals surface area contributed by atoms with Crippen LogP contribution in [0, 0.1) is 0 Å². The fourth-order valence-corrected chi connectivity index (χ4v) is 7.38. The normalized spacial score (nSPS) is 11.5. The zero-order valence-corrected chi connectivity index (χ0v) is 27.6. The summed E-state index contributed by atoms with van der Waals surface area (Å²) in [5, 5.41) is 6.90. The molecule has 238 valence electrons. The monoisotopic (exact) mass is 650 g/mol. The van der Waals surface area contributed by atoms with Crippen molar-refractivity contribution in [3.05, 3.63) is 182 Å². The summed E-state index contributed by atoms with van der Waals surface area (Å²) in [6, 6.07) is 63.7. The summed E-state index contributed by atoms with van der Waals surface area (Å²) in [7, 11) is 0. The minimum absolute atomic E-state index is 0.674. The third kappa shape index (κ3) is 5.06. The Morgan fingerprint density at radius 3 is 1.69 bits per heavy atom. The minimum atomic E-state index is 0.674. The van der Waals surface area contributed by atoms with E-state index in [0.29, 0.717) is 5.82 Å². The molecule has 2 heterocycles. The molecule has 0 aliphatic rings. The third-order valence-corrected chi connectivity index (χ3v) is 9.87. The number of aromatic nitrogens is 2. The highest BCUT2D eigenvalue weighted by Crippen LogP contribution is 2.43. The van der Waals surface area contributed by atoms with Crippen LogP contribution in [0.25, 0.3) is 99.6 Å². The fourth-order valence-electron chi connectivity index (χ4n) is 7.38. The Kier molecular flexibility index (Phi) is 6.81. The van der Waals surface area contributed by atoms with Crippen molar-refractivity contribution in [1.29, 1.82) is 0 Å². The number of rotatable bonds is 5. The van der Waals surface area contributed by atoms with E-state index < -0.39 is 0 Å². The highest BCUT2D eigenvalue weighted by atomic mass is 16.3. The Morgan fingerprint density at radius 1 is 0.353 bits per heavy atom. The van der Waals surface area contributed by atoms with E-state index in [9.17, 15) is 0 Å². The molecule has 0 bridgehead atoms. The van der Waals surface area contributed by atoms with Crippen molar-refractivity contribution in [2.24, 2.45) is 0 Å². The molecule has 2 aromatic heterocycles. The second-order valence-electron chi connectivity index (χ2n) is 13.0. The first-order valence-electron chi connectivity index (χ1n) is 17.2. The van der Waals surface area contributed by atoms with Gasteiger partial charge in [-0.15, -0.1) is 0 Å². The summed E-state index contributed by atoms with van der Waals surface area (Å²) < 4.78 is 6.84. The number of fused-ring (bicyclic) bond motifs is 6. The lowest BCUT2D eigenvalue weighted by Crippen LogP contribution is -1.96. The van der Waals surface area contributed by atoms with Gasteiger partial charge >= 0.3 is 0 Å². The Balaban J connectivity index is 1.17. The van der Waals surface area contributed by atoms with Crippen molar-refractivity contribution in [1.82, 2.24) is 9.97 Å². The van der Waals surface area contributed by atoms with Gasteiger partial charge in [0.1, 0.15) is 11.2 Å². The van der Waals surface area contributed by atoms with Crippen LogP contribution in [0.2, 0.25) is 0 Å². The molecular weight excluding hydrogens is 621 g/mol. The summed E-state index contributed by atoms with van der Waals surface area (Å²) in [4.78, 5) is 10.3. The molecule has 0 aliphatic heterocycles. The van der Waals surface area contributed by atoms with E-state index in [4.69, 9.17) is 14.4 Å². The molecule has 3 nitrogen and oxygen atoms in total. The van der Waals surface area contributed by atoms with E-state index in [-0.39, 0.29) is 0 Å². The van der Waals surface area contributed by atoms with Crippen LogP contribution in [0.15, 0.2) is 186 Å². The van der Waals surface area contributed by atoms with Gasteiger partial charge in [-0.05, 0) is 74.1 Å². The van der Waals surface area contributed by atoms with Crippen molar-refractivity contribution < 1.29 is 4.42 Å². The molecule has 0 unspecified atom stereocenters. The molecule has 0 fully saturated rings. The second kappa shape index (κ2) is 11.9. The molecule has 0 aliphatic carbocycles. The Morgan fingerprint density at radius 2 is 0.941 bits per heavy atom. The molecule has 3 heteroatoms. The predicted molar refractivity (Wildman–Crippen MR) is 212 cm³/mol. The van der Waals surface area contributed by atoms with Gasteiger partial charge in [-0.3, -0.25) is 0 Å². The summed E-state index contributed by atoms with van der Waals surface area (Å²) in [6.07, 6.45) is 0. The average molecular weight is 651 g/mol. The molecule has 0 radical (unpaired) electrons. The molecule has 0 N–H and O–H groups in total. The van der Waals surface area contributed by atoms with Crippen LogP contribution >= 0.6 is 0 Å². The molecule has 0 saturated heterocycles. The molecule has 0 saturated carbocycles. The zero-order chi connectivity index (χ0) is 33.7. The van der Waals surface area contributed by atoms with E-state index >= 15 is 0 Å². The number of para-hydroxylation sites is 1. The first-order valence-corrected chi connectivity index (χ1v) is 17.2. The van der Waals surface area contributed by atoms with Gasteiger partial charge in [-0.2, -0.15) is 0 Å². The lowest BCUT2D eigenvalue weighted by Gasteiger charge is -2.11. The molecule has 8 aromatic carbocycles. The van der Waals surface area contributed by atoms with Crippen LogP contribution in [0.5, 0.6) is 0 Å². The van der Waals surface area contributed by atoms with Gasteiger partial charge in [0.15, 0.2) is 5.82 Å². The maximum Gasteiger partial charge on any atom is 0.160 e. The van der Waals surface area contributed by atoms with E-state index in [1.54, 1.807) is 0 Å². The van der Waals surface area contributed by atoms with Gasteiger partial charge in [-0.1, -0.05) is 152 Å². The molecule has 10 rings (SSSR count). The van der Waals surface area contributed by atoms with Crippen LogP contribution < -0.4 is 0 Å². The average Bonchev–Trinajstić information content (AvgIpc) is 3.60. The topological polar surface area (TPSA) is 38.9 Å². The molecule has 0 atom stereocenters. The van der Waals surface area contributed by atoms with Gasteiger partial charge in [0.05, 0.1) is 11.4 Å². The van der Waals surface area contributed by atoms with Gasteiger partial charge in [0.25, 0.3) is 0 Å². The van der Waals surface area contributed by atoms with Crippen LogP contribution in [0.1, 0.15) is 0 Å². The zero-order valence-electron chi connectivity index (χ0n) is 27.6. The van der Waals surface area contributed by atoms with E-state index in [1.165, 1.54) is 27.3 Å². The van der Waals surface area contributed by atoms with Crippen molar-refractivity contribution >= 4 is 43.5 Å². The highest BCUT2D eigenvalue weighted by Gasteiger charge is 2.19. The maximum absolute atomic E-state index is 6.84. The summed E-state index contributed by atoms with van der Waals surface area (Å²) in [6.45, 7) is 0. The molecule has 51 heavy (non-hydrogen) atoms. The van der Waals surface area contributed by atoms with Crippen LogP contribution in [0.3, 0.4) is 0 Å². The number of benzene rings is 8. The van der Waals surface area contributed by atoms with Gasteiger partial charge < -0.3 is 4.42 Å². The Labute approximate surface area is 295 Å². The maximum atomic E-state index is 6.84. The summed E-state index contributed by atoms with van der Waals surface area (Å²) in [5.41, 5.74) is 11.0. The first-order chi connectivity index (χ1) is 25.3. The Bertz CT molecular complexity index is 2890. The van der Waals surface area contributed by atoms with Gasteiger partial charge in [0.2, 0.25) is 0 Å². The fraction of sp³-hybridized carbons (Fsp3) is 0. The smallest absolute Gasteiger partial charge is 0.160 e. The highest BCUT2D eigenvalue weighted by molar-refractivity contribution is 6.23. The quantitative estimate of drug-likeness (QED) is 0.186. The summed E-state index contributed by atoms with van der Waals surface area (Å²) in [5.74, 6) is 0.674. The standard InChI is InChI=1S/C48H30N2O/c1-4-13-31(14-5-1)34-23-24-36-28-37(26-25-35(36)27-34)43-30-44(50-48(49-43)33-17-8-3-9-18-33)40-21-12-22-41-46-39-20-11-10-19-38(39)42(29-45(46)51-47(40)41)32-15-6-2-7-16-32/h1-30H. The molecule has 0 spiro atoms. The number of furan rings is 1. The SMILES string of the molecule is c1ccc(-c2ccc3cc(-c4cc(-c5cccc6c5oc5cc(-c7ccccc7)c7ccccc7c56)nc(-c5ccccc5)n4)ccc3c2)cc1. The first kappa shape index (κ1) is 29.1. The molecular formula is C48H30N2O. The molecule has 0 amide bonds. The predicted octanol–water partition coefficient (Wildman–Crippen LogP) is 13.0. The Hall–Kier alpha value is -6.84. The number of nitrogens with zero attached hydrogens (tertiary/aromatic N) is 2. The lowest BCUT2D eigenvalue weighted by atomic mass is 9.94. The van der Waals surface area contributed by atoms with Crippen LogP contribution in [-0.4, -0.2) is 9.97 Å². The lowest BCUT2D eigenvalue weighted by molar-refractivity contribution is 0.670. The van der Waals surface area contributed by atoms with Crippen molar-refractivity contribution in [3.63, 3.8) is 0 Å². The van der Waals surface area contributed by atoms with Crippen molar-refractivity contribution in [3.8, 4) is 56.2 Å². The number of hydrogen-bond acceptors (Lipinski definition) is 3. The number of hydrogen-bond donors (Lipinski definition) is 0. The van der Waals surface area contributed by atoms with Gasteiger partial charge in [-0.25, -0.2) is 9.97 Å². The summed E-state index contributed by atoms with van der Waals surface area (Å²) >= 11 is 0. The van der Waals surface area contributed by atoms with Crippen LogP contribution in [0.4, 0.5) is 0 Å². The van der Waals surface area contributed by atoms with Crippen molar-refractivity contribution in [2.75, 3.05) is 0 Å². The molecule has 10 aromatic rings. The van der Waals surface area contributed by atoms with E-state index in [0.717, 1.165) is 66.5 Å². The van der Waals surface area contributed by atoms with Gasteiger partial charge in [0, 0.05) is 27.5 Å². The second-order valence-corrected chi connectivity index (χ2v) is 13.0. The largest absolute Gasteiger partial charge is 0.455 e. The van der Waals surface area contributed by atoms with Crippen molar-refractivity contribution in [2.45, 2.75) is 0 Å². The van der Waals surface area contributed by atoms with E-state index in [2.05, 4.69) is 164 Å². The third-order valence-electron chi connectivity index (χ3n) is 9.87. The van der Waals surface area contributed by atoms with Crippen LogP contribution in [-0.2, 0) is 0 Å².